The molecule has 26 heavy (non-hydrogen) atoms. The minimum Gasteiger partial charge on any atom is -0.455 e. The molecule has 1 aromatic rings. The van der Waals surface area contributed by atoms with Gasteiger partial charge in [-0.1, -0.05) is 12.1 Å². The molecule has 1 saturated carbocycles. The van der Waals surface area contributed by atoms with E-state index in [0.29, 0.717) is 23.5 Å². The van der Waals surface area contributed by atoms with E-state index in [4.69, 9.17) is 4.74 Å². The van der Waals surface area contributed by atoms with Gasteiger partial charge < -0.3 is 9.64 Å². The molecule has 8 heteroatoms. The van der Waals surface area contributed by atoms with E-state index < -0.39 is 10.0 Å². The molecule has 0 spiro atoms. The van der Waals surface area contributed by atoms with Gasteiger partial charge in [0.05, 0.1) is 10.8 Å². The summed E-state index contributed by atoms with van der Waals surface area (Å²) in [5.74, 6) is -0.625. The van der Waals surface area contributed by atoms with E-state index in [1.165, 1.54) is 4.31 Å². The number of carbonyl (C=O) groups is 2. The van der Waals surface area contributed by atoms with Crippen molar-refractivity contribution in [1.29, 1.82) is 0 Å². The summed E-state index contributed by atoms with van der Waals surface area (Å²) in [4.78, 5) is 25.5. The van der Waals surface area contributed by atoms with Crippen LogP contribution in [0, 0.1) is 19.8 Å². The van der Waals surface area contributed by atoms with Crippen molar-refractivity contribution in [2.24, 2.45) is 5.92 Å². The molecule has 1 aliphatic carbocycles. The Labute approximate surface area is 154 Å². The molecule has 0 unspecified atom stereocenters. The molecular weight excluding hydrogens is 356 g/mol. The molecule has 3 rings (SSSR count). The highest BCUT2D eigenvalue weighted by Gasteiger charge is 2.33. The second kappa shape index (κ2) is 7.36. The largest absolute Gasteiger partial charge is 0.455 e. The lowest BCUT2D eigenvalue weighted by atomic mass is 10.2. The second-order valence-electron chi connectivity index (χ2n) is 6.94. The average Bonchev–Trinajstić information content (AvgIpc) is 3.46. The Morgan fingerprint density at radius 2 is 1.77 bits per heavy atom. The van der Waals surface area contributed by atoms with Crippen LogP contribution in [-0.4, -0.2) is 62.3 Å². The van der Waals surface area contributed by atoms with E-state index >= 15 is 0 Å². The summed E-state index contributed by atoms with van der Waals surface area (Å²) < 4.78 is 32.2. The smallest absolute Gasteiger partial charge is 0.309 e. The van der Waals surface area contributed by atoms with Crippen molar-refractivity contribution < 1.29 is 22.7 Å². The summed E-state index contributed by atoms with van der Waals surface area (Å²) in [7, 11) is -3.58. The zero-order chi connectivity index (χ0) is 18.9. The highest BCUT2D eigenvalue weighted by Crippen LogP contribution is 2.30. The minimum atomic E-state index is -3.58. The topological polar surface area (TPSA) is 84.0 Å². The zero-order valence-corrected chi connectivity index (χ0v) is 15.9. The van der Waals surface area contributed by atoms with Crippen LogP contribution in [0.2, 0.25) is 0 Å². The number of carbonyl (C=O) groups excluding carboxylic acids is 2. The van der Waals surface area contributed by atoms with Gasteiger partial charge in [0.1, 0.15) is 0 Å². The maximum atomic E-state index is 12.9. The molecule has 142 valence electrons. The number of hydrogen-bond donors (Lipinski definition) is 0. The Morgan fingerprint density at radius 1 is 1.12 bits per heavy atom. The van der Waals surface area contributed by atoms with Crippen molar-refractivity contribution in [3.63, 3.8) is 0 Å². The number of nitrogens with zero attached hydrogens (tertiary/aromatic N) is 2. The van der Waals surface area contributed by atoms with E-state index in [2.05, 4.69) is 0 Å². The van der Waals surface area contributed by atoms with E-state index in [9.17, 15) is 18.0 Å². The van der Waals surface area contributed by atoms with Crippen molar-refractivity contribution in [2.45, 2.75) is 31.6 Å². The molecule has 0 N–H and O–H groups in total. The first-order valence-electron chi connectivity index (χ1n) is 8.81. The molecule has 1 amide bonds. The number of sulfonamides is 1. The number of aryl methyl sites for hydroxylation is 2. The van der Waals surface area contributed by atoms with Crippen molar-refractivity contribution in [2.75, 3.05) is 32.8 Å². The van der Waals surface area contributed by atoms with Crippen molar-refractivity contribution in [3.8, 4) is 0 Å². The number of esters is 1. The first kappa shape index (κ1) is 18.8. The molecular formula is C18H24N2O5S. The van der Waals surface area contributed by atoms with Gasteiger partial charge in [0.15, 0.2) is 6.61 Å². The van der Waals surface area contributed by atoms with Gasteiger partial charge in [0, 0.05) is 26.2 Å². The van der Waals surface area contributed by atoms with E-state index in [1.807, 2.05) is 13.0 Å². The molecule has 0 aromatic heterocycles. The lowest BCUT2D eigenvalue weighted by Gasteiger charge is -2.34. The maximum Gasteiger partial charge on any atom is 0.309 e. The Balaban J connectivity index is 1.58. The maximum absolute atomic E-state index is 12.9. The van der Waals surface area contributed by atoms with Crippen LogP contribution in [0.4, 0.5) is 0 Å². The highest BCUT2D eigenvalue weighted by molar-refractivity contribution is 7.89. The molecule has 0 atom stereocenters. The molecule has 2 aliphatic rings. The molecule has 1 saturated heterocycles. The van der Waals surface area contributed by atoms with Gasteiger partial charge in [-0.3, -0.25) is 9.59 Å². The normalized spacial score (nSPS) is 18.6. The number of ether oxygens (including phenoxy) is 1. The third-order valence-electron chi connectivity index (χ3n) is 4.80. The Kier molecular flexibility index (Phi) is 5.34. The van der Waals surface area contributed by atoms with Crippen LogP contribution in [-0.2, 0) is 24.3 Å². The minimum absolute atomic E-state index is 0.0395. The third kappa shape index (κ3) is 4.07. The molecule has 1 aromatic carbocycles. The second-order valence-corrected chi connectivity index (χ2v) is 8.84. The predicted octanol–water partition coefficient (Wildman–Crippen LogP) is 1.09. The van der Waals surface area contributed by atoms with Crippen LogP contribution in [0.3, 0.4) is 0 Å². The molecule has 1 heterocycles. The number of amides is 1. The predicted molar refractivity (Wildman–Crippen MR) is 94.9 cm³/mol. The lowest BCUT2D eigenvalue weighted by molar-refractivity contribution is -0.153. The standard InChI is InChI=1S/C18H24N2O5S/c1-13-3-4-14(2)16(11-13)26(23,24)20-9-7-19(8-10-20)17(21)12-25-18(22)15-5-6-15/h3-4,11,15H,5-10,12H2,1-2H3. The first-order valence-corrected chi connectivity index (χ1v) is 10.2. The lowest BCUT2D eigenvalue weighted by Crippen LogP contribution is -2.51. The number of piperazine rings is 1. The van der Waals surface area contributed by atoms with Gasteiger partial charge in [-0.05, 0) is 43.9 Å². The zero-order valence-electron chi connectivity index (χ0n) is 15.1. The number of rotatable bonds is 5. The fraction of sp³-hybridized carbons (Fsp3) is 0.556. The number of benzene rings is 1. The van der Waals surface area contributed by atoms with Crippen LogP contribution in [0.25, 0.3) is 0 Å². The van der Waals surface area contributed by atoms with Crippen molar-refractivity contribution in [3.05, 3.63) is 29.3 Å². The SMILES string of the molecule is Cc1ccc(C)c(S(=O)(=O)N2CCN(C(=O)COC(=O)C3CC3)CC2)c1. The van der Waals surface area contributed by atoms with Crippen LogP contribution in [0.5, 0.6) is 0 Å². The van der Waals surface area contributed by atoms with Crippen LogP contribution in [0.1, 0.15) is 24.0 Å². The fourth-order valence-electron chi connectivity index (χ4n) is 2.96. The van der Waals surface area contributed by atoms with Gasteiger partial charge in [-0.15, -0.1) is 0 Å². The Morgan fingerprint density at radius 3 is 2.38 bits per heavy atom. The molecule has 1 aliphatic heterocycles. The number of hydrogen-bond acceptors (Lipinski definition) is 5. The molecule has 0 bridgehead atoms. The summed E-state index contributed by atoms with van der Waals surface area (Å²) in [5.41, 5.74) is 1.60. The van der Waals surface area contributed by atoms with Crippen LogP contribution in [0.15, 0.2) is 23.1 Å². The van der Waals surface area contributed by atoms with E-state index in [-0.39, 0.29) is 37.5 Å². The van der Waals surface area contributed by atoms with Gasteiger partial charge >= 0.3 is 5.97 Å². The van der Waals surface area contributed by atoms with Gasteiger partial charge in [-0.25, -0.2) is 8.42 Å². The third-order valence-corrected chi connectivity index (χ3v) is 6.84. The molecule has 0 radical (unpaired) electrons. The summed E-state index contributed by atoms with van der Waals surface area (Å²) >= 11 is 0. The highest BCUT2D eigenvalue weighted by atomic mass is 32.2. The quantitative estimate of drug-likeness (QED) is 0.714. The van der Waals surface area contributed by atoms with Gasteiger partial charge in [0.2, 0.25) is 10.0 Å². The first-order chi connectivity index (χ1) is 12.3. The van der Waals surface area contributed by atoms with Crippen LogP contribution >= 0.6 is 0 Å². The Bertz CT molecular complexity index is 809. The van der Waals surface area contributed by atoms with Crippen LogP contribution < -0.4 is 0 Å². The summed E-state index contributed by atoms with van der Waals surface area (Å²) in [6.07, 6.45) is 1.67. The average molecular weight is 380 g/mol. The summed E-state index contributed by atoms with van der Waals surface area (Å²) in [5, 5.41) is 0. The molecule has 2 fully saturated rings. The van der Waals surface area contributed by atoms with Gasteiger partial charge in [0.25, 0.3) is 5.91 Å². The fourth-order valence-corrected chi connectivity index (χ4v) is 4.70. The van der Waals surface area contributed by atoms with Gasteiger partial charge in [-0.2, -0.15) is 4.31 Å². The summed E-state index contributed by atoms with van der Waals surface area (Å²) in [6.45, 7) is 4.43. The van der Waals surface area contributed by atoms with Crippen molar-refractivity contribution >= 4 is 21.9 Å². The summed E-state index contributed by atoms with van der Waals surface area (Å²) in [6, 6.07) is 5.36. The van der Waals surface area contributed by atoms with E-state index in [1.54, 1.807) is 24.0 Å². The van der Waals surface area contributed by atoms with E-state index in [0.717, 1.165) is 18.4 Å². The Hall–Kier alpha value is -1.93. The monoisotopic (exact) mass is 380 g/mol. The van der Waals surface area contributed by atoms with Crippen molar-refractivity contribution in [1.82, 2.24) is 9.21 Å². The molecule has 7 nitrogen and oxygen atoms in total.